The first kappa shape index (κ1) is 12.2. The number of fused-ring (bicyclic) bond motifs is 1. The van der Waals surface area contributed by atoms with Gasteiger partial charge in [0.1, 0.15) is 17.8 Å². The summed E-state index contributed by atoms with van der Waals surface area (Å²) in [6, 6.07) is 5.80. The smallest absolute Gasteiger partial charge is 0.168 e. The maximum Gasteiger partial charge on any atom is 0.168 e. The number of aromatic nitrogens is 4. The van der Waals surface area contributed by atoms with Crippen LogP contribution in [0.25, 0.3) is 16.7 Å². The molecule has 7 nitrogen and oxygen atoms in total. The first-order valence-corrected chi connectivity index (χ1v) is 6.02. The Bertz CT molecular complexity index is 848. The summed E-state index contributed by atoms with van der Waals surface area (Å²) >= 11 is 0. The van der Waals surface area contributed by atoms with Crippen LogP contribution in [0.15, 0.2) is 30.7 Å². The van der Waals surface area contributed by atoms with Crippen LogP contribution in [0, 0.1) is 12.3 Å². The molecule has 3 rings (SSSR count). The lowest BCUT2D eigenvalue weighted by atomic mass is 10.2. The average molecular weight is 270 g/mol. The third-order valence-corrected chi connectivity index (χ3v) is 3.12. The highest BCUT2D eigenvalue weighted by Crippen LogP contribution is 2.25. The van der Waals surface area contributed by atoms with Gasteiger partial charge in [-0.2, -0.15) is 5.10 Å². The van der Waals surface area contributed by atoms with Crippen molar-refractivity contribution in [3.63, 3.8) is 0 Å². The quantitative estimate of drug-likeness (QED) is 0.671. The number of ether oxygens (including phenoxy) is 1. The van der Waals surface area contributed by atoms with Gasteiger partial charge in [-0.25, -0.2) is 14.3 Å². The molecule has 0 saturated heterocycles. The van der Waals surface area contributed by atoms with Crippen LogP contribution < -0.4 is 16.1 Å². The Labute approximate surface area is 114 Å². The van der Waals surface area contributed by atoms with E-state index in [0.29, 0.717) is 16.8 Å². The normalized spacial score (nSPS) is 10.9. The van der Waals surface area contributed by atoms with Crippen LogP contribution in [-0.4, -0.2) is 26.6 Å². The maximum absolute atomic E-state index is 7.92. The lowest BCUT2D eigenvalue weighted by Crippen LogP contribution is -2.27. The summed E-state index contributed by atoms with van der Waals surface area (Å²) in [5.74, 6) is 6.31. The summed E-state index contributed by atoms with van der Waals surface area (Å²) in [5, 5.41) is 12.8. The van der Waals surface area contributed by atoms with Crippen molar-refractivity contribution >= 4 is 11.0 Å². The Balaban J connectivity index is 2.33. The lowest BCUT2D eigenvalue weighted by molar-refractivity contribution is 0.412. The van der Waals surface area contributed by atoms with Crippen molar-refractivity contribution in [2.24, 2.45) is 0 Å². The molecule has 1 aromatic carbocycles. The zero-order chi connectivity index (χ0) is 14.3. The number of nitrogens with zero attached hydrogens (tertiary/aromatic N) is 4. The number of nitrogen functional groups attached to an aromatic ring is 1. The molecule has 0 saturated carbocycles. The third-order valence-electron chi connectivity index (χ3n) is 3.12. The fraction of sp³-hybridized carbons (Fsp3) is 0.154. The van der Waals surface area contributed by atoms with E-state index >= 15 is 0 Å². The Morgan fingerprint density at radius 3 is 2.90 bits per heavy atom. The minimum atomic E-state index is 0.160. The second kappa shape index (κ2) is 4.37. The third kappa shape index (κ3) is 1.71. The topological polar surface area (TPSA) is 94.7 Å². The predicted molar refractivity (Wildman–Crippen MR) is 74.1 cm³/mol. The minimum Gasteiger partial charge on any atom is -0.494 e. The molecule has 102 valence electrons. The van der Waals surface area contributed by atoms with Crippen molar-refractivity contribution in [3.8, 4) is 11.4 Å². The van der Waals surface area contributed by atoms with Gasteiger partial charge in [0.05, 0.1) is 18.7 Å². The first-order valence-electron chi connectivity index (χ1n) is 6.02. The van der Waals surface area contributed by atoms with Gasteiger partial charge in [0, 0.05) is 0 Å². The molecule has 0 fully saturated rings. The summed E-state index contributed by atoms with van der Waals surface area (Å²) in [7, 11) is 1.61. The highest BCUT2D eigenvalue weighted by atomic mass is 16.5. The number of rotatable bonds is 2. The van der Waals surface area contributed by atoms with Gasteiger partial charge in [0.15, 0.2) is 11.1 Å². The molecule has 2 aromatic heterocycles. The van der Waals surface area contributed by atoms with Crippen molar-refractivity contribution in [1.29, 1.82) is 5.41 Å². The molecule has 0 aliphatic heterocycles. The van der Waals surface area contributed by atoms with Crippen LogP contribution >= 0.6 is 0 Å². The molecular weight excluding hydrogens is 256 g/mol. The van der Waals surface area contributed by atoms with Gasteiger partial charge in [-0.15, -0.1) is 0 Å². The fourth-order valence-corrected chi connectivity index (χ4v) is 2.09. The highest BCUT2D eigenvalue weighted by Gasteiger charge is 2.12. The molecule has 0 aliphatic carbocycles. The van der Waals surface area contributed by atoms with Crippen LogP contribution in [0.2, 0.25) is 0 Å². The predicted octanol–water partition coefficient (Wildman–Crippen LogP) is 0.732. The number of benzene rings is 1. The van der Waals surface area contributed by atoms with E-state index in [2.05, 4.69) is 10.1 Å². The van der Waals surface area contributed by atoms with Gasteiger partial charge in [-0.3, -0.25) is 5.41 Å². The number of hydrogen-bond donors (Lipinski definition) is 2. The molecule has 20 heavy (non-hydrogen) atoms. The van der Waals surface area contributed by atoms with Gasteiger partial charge < -0.3 is 10.6 Å². The van der Waals surface area contributed by atoms with Crippen molar-refractivity contribution in [3.05, 3.63) is 41.8 Å². The van der Waals surface area contributed by atoms with Crippen molar-refractivity contribution in [2.75, 3.05) is 13.0 Å². The molecular formula is C13H14N6O. The average Bonchev–Trinajstić information content (AvgIpc) is 2.87. The molecule has 2 heterocycles. The SMILES string of the molecule is COc1ccc(C)cc1-n1ncc2c(=N)n(N)cnc21. The van der Waals surface area contributed by atoms with E-state index in [1.807, 2.05) is 25.1 Å². The molecule has 0 unspecified atom stereocenters. The van der Waals surface area contributed by atoms with Crippen LogP contribution in [0.1, 0.15) is 5.56 Å². The maximum atomic E-state index is 7.92. The van der Waals surface area contributed by atoms with E-state index in [0.717, 1.165) is 15.9 Å². The summed E-state index contributed by atoms with van der Waals surface area (Å²) in [4.78, 5) is 4.25. The van der Waals surface area contributed by atoms with Crippen molar-refractivity contribution in [2.45, 2.75) is 6.92 Å². The van der Waals surface area contributed by atoms with E-state index < -0.39 is 0 Å². The molecule has 0 aliphatic rings. The van der Waals surface area contributed by atoms with Crippen LogP contribution in [0.3, 0.4) is 0 Å². The van der Waals surface area contributed by atoms with Crippen molar-refractivity contribution < 1.29 is 4.74 Å². The van der Waals surface area contributed by atoms with Crippen LogP contribution in [-0.2, 0) is 0 Å². The Morgan fingerprint density at radius 2 is 2.15 bits per heavy atom. The van der Waals surface area contributed by atoms with Crippen molar-refractivity contribution in [1.82, 2.24) is 19.4 Å². The van der Waals surface area contributed by atoms with Gasteiger partial charge >= 0.3 is 0 Å². The number of hydrogen-bond acceptors (Lipinski definition) is 5. The summed E-state index contributed by atoms with van der Waals surface area (Å²) in [6.45, 7) is 1.99. The van der Waals surface area contributed by atoms with Gasteiger partial charge in [0.25, 0.3) is 0 Å². The van der Waals surface area contributed by atoms with Gasteiger partial charge in [0.2, 0.25) is 0 Å². The Kier molecular flexibility index (Phi) is 2.67. The fourth-order valence-electron chi connectivity index (χ4n) is 2.09. The molecule has 0 radical (unpaired) electrons. The monoisotopic (exact) mass is 270 g/mol. The molecule has 3 aromatic rings. The number of methoxy groups -OCH3 is 1. The van der Waals surface area contributed by atoms with E-state index in [1.165, 1.54) is 6.33 Å². The number of aryl methyl sites for hydroxylation is 1. The largest absolute Gasteiger partial charge is 0.494 e. The van der Waals surface area contributed by atoms with Gasteiger partial charge in [-0.1, -0.05) is 6.07 Å². The van der Waals surface area contributed by atoms with Crippen LogP contribution in [0.4, 0.5) is 0 Å². The van der Waals surface area contributed by atoms with E-state index in [1.54, 1.807) is 18.0 Å². The van der Waals surface area contributed by atoms with E-state index in [-0.39, 0.29) is 5.49 Å². The Morgan fingerprint density at radius 1 is 1.35 bits per heavy atom. The number of nitrogens with two attached hydrogens (primary N) is 1. The highest BCUT2D eigenvalue weighted by molar-refractivity contribution is 5.75. The van der Waals surface area contributed by atoms with Gasteiger partial charge in [-0.05, 0) is 24.6 Å². The zero-order valence-corrected chi connectivity index (χ0v) is 11.2. The minimum absolute atomic E-state index is 0.160. The van der Waals surface area contributed by atoms with E-state index in [9.17, 15) is 0 Å². The van der Waals surface area contributed by atoms with Crippen LogP contribution in [0.5, 0.6) is 5.75 Å². The second-order valence-corrected chi connectivity index (χ2v) is 4.47. The second-order valence-electron chi connectivity index (χ2n) is 4.47. The molecule has 3 N–H and O–H groups in total. The van der Waals surface area contributed by atoms with E-state index in [4.69, 9.17) is 16.0 Å². The molecule has 0 atom stereocenters. The molecule has 0 bridgehead atoms. The molecule has 7 heteroatoms. The zero-order valence-electron chi connectivity index (χ0n) is 11.2. The number of nitrogens with one attached hydrogen (secondary N) is 1. The molecule has 0 spiro atoms. The standard InChI is InChI=1S/C13H14N6O/c1-8-3-4-11(20-2)10(5-8)19-13-9(6-17-19)12(14)18(15)7-16-13/h3-7,14H,15H2,1-2H3. The lowest BCUT2D eigenvalue weighted by Gasteiger charge is -2.10. The molecule has 0 amide bonds. The summed E-state index contributed by atoms with van der Waals surface area (Å²) < 4.78 is 8.17. The summed E-state index contributed by atoms with van der Waals surface area (Å²) in [5.41, 5.74) is 2.60. The Hall–Kier alpha value is -2.83. The summed E-state index contributed by atoms with van der Waals surface area (Å²) in [6.07, 6.45) is 2.97. The first-order chi connectivity index (χ1) is 9.61.